The molecule has 180 valence electrons. The summed E-state index contributed by atoms with van der Waals surface area (Å²) in [5, 5.41) is 17.8. The lowest BCUT2D eigenvalue weighted by Gasteiger charge is -2.15. The molecule has 0 aromatic carbocycles. The average molecular weight is 449 g/mol. The van der Waals surface area contributed by atoms with E-state index in [4.69, 9.17) is 19.7 Å². The summed E-state index contributed by atoms with van der Waals surface area (Å²) in [7, 11) is 0. The fourth-order valence-corrected chi connectivity index (χ4v) is 3.66. The van der Waals surface area contributed by atoms with Crippen LogP contribution in [0.2, 0.25) is 0 Å². The first kappa shape index (κ1) is 29.7. The summed E-state index contributed by atoms with van der Waals surface area (Å²) < 4.78 is 10.8. The van der Waals surface area contributed by atoms with Crippen molar-refractivity contribution in [2.24, 2.45) is 0 Å². The number of esters is 1. The highest BCUT2D eigenvalue weighted by Crippen LogP contribution is 2.15. The number of unbranched alkanes of at least 4 members (excludes halogenated alkanes) is 12. The molecule has 0 bridgehead atoms. The van der Waals surface area contributed by atoms with E-state index >= 15 is 0 Å². The van der Waals surface area contributed by atoms with Crippen molar-refractivity contribution in [2.75, 3.05) is 25.6 Å². The van der Waals surface area contributed by atoms with Crippen molar-refractivity contribution in [3.63, 3.8) is 0 Å². The van der Waals surface area contributed by atoms with Crippen molar-refractivity contribution in [2.45, 2.75) is 122 Å². The number of thiol groups is 1. The van der Waals surface area contributed by atoms with Gasteiger partial charge in [-0.2, -0.15) is 12.6 Å². The molecule has 0 aromatic heterocycles. The SMILES string of the molecule is CCC(CCCCCCCCCCCCCCCOCC(O)CO)OC(=O)CCS. The first-order chi connectivity index (χ1) is 14.6. The molecule has 0 spiro atoms. The van der Waals surface area contributed by atoms with Crippen LogP contribution >= 0.6 is 12.6 Å². The fraction of sp³-hybridized carbons (Fsp3) is 0.958. The standard InChI is InChI=1S/C24H48O5S/c1-2-23(29-24(27)17-19-30)16-14-12-10-8-6-4-3-5-7-9-11-13-15-18-28-21-22(26)20-25/h22-23,25-26,30H,2-21H2,1H3. The van der Waals surface area contributed by atoms with Gasteiger partial charge < -0.3 is 19.7 Å². The Morgan fingerprint density at radius 3 is 1.83 bits per heavy atom. The Balaban J connectivity index is 3.25. The van der Waals surface area contributed by atoms with Gasteiger partial charge in [0.2, 0.25) is 0 Å². The molecule has 0 fully saturated rings. The van der Waals surface area contributed by atoms with E-state index in [-0.39, 0.29) is 25.3 Å². The topological polar surface area (TPSA) is 76.0 Å². The summed E-state index contributed by atoms with van der Waals surface area (Å²) in [4.78, 5) is 11.5. The number of hydrogen-bond acceptors (Lipinski definition) is 6. The minimum atomic E-state index is -0.738. The maximum absolute atomic E-state index is 11.5. The maximum atomic E-state index is 11.5. The lowest BCUT2D eigenvalue weighted by molar-refractivity contribution is -0.149. The molecule has 0 aliphatic carbocycles. The van der Waals surface area contributed by atoms with Crippen LogP contribution in [0, 0.1) is 0 Å². The third-order valence-corrected chi connectivity index (χ3v) is 5.63. The van der Waals surface area contributed by atoms with Gasteiger partial charge in [0.15, 0.2) is 0 Å². The summed E-state index contributed by atoms with van der Waals surface area (Å²) in [5.41, 5.74) is 0. The number of aliphatic hydroxyl groups is 2. The van der Waals surface area contributed by atoms with E-state index in [2.05, 4.69) is 19.6 Å². The van der Waals surface area contributed by atoms with Crippen LogP contribution in [0.4, 0.5) is 0 Å². The van der Waals surface area contributed by atoms with Crippen LogP contribution in [0.1, 0.15) is 110 Å². The molecule has 0 radical (unpaired) electrons. The molecule has 0 saturated carbocycles. The number of ether oxygens (including phenoxy) is 2. The molecule has 0 aromatic rings. The largest absolute Gasteiger partial charge is 0.462 e. The van der Waals surface area contributed by atoms with E-state index in [1.165, 1.54) is 70.6 Å². The first-order valence-corrected chi connectivity index (χ1v) is 12.9. The Labute approximate surface area is 190 Å². The van der Waals surface area contributed by atoms with Crippen molar-refractivity contribution < 1.29 is 24.5 Å². The summed E-state index contributed by atoms with van der Waals surface area (Å²) in [6, 6.07) is 0. The fourth-order valence-electron chi connectivity index (χ4n) is 3.48. The molecule has 0 aliphatic rings. The van der Waals surface area contributed by atoms with E-state index in [9.17, 15) is 4.79 Å². The van der Waals surface area contributed by atoms with E-state index in [0.29, 0.717) is 18.8 Å². The van der Waals surface area contributed by atoms with Crippen LogP contribution in [0.5, 0.6) is 0 Å². The highest BCUT2D eigenvalue weighted by atomic mass is 32.1. The molecule has 0 amide bonds. The second kappa shape index (κ2) is 23.4. The quantitative estimate of drug-likeness (QED) is 0.110. The van der Waals surface area contributed by atoms with Gasteiger partial charge in [-0.3, -0.25) is 4.79 Å². The monoisotopic (exact) mass is 448 g/mol. The molecule has 0 saturated heterocycles. The van der Waals surface area contributed by atoms with Crippen molar-refractivity contribution >= 4 is 18.6 Å². The molecule has 2 N–H and O–H groups in total. The van der Waals surface area contributed by atoms with Crippen LogP contribution in [-0.4, -0.2) is 54.0 Å². The number of aliphatic hydroxyl groups excluding tert-OH is 2. The van der Waals surface area contributed by atoms with Gasteiger partial charge in [-0.15, -0.1) is 0 Å². The summed E-state index contributed by atoms with van der Waals surface area (Å²) in [6.07, 6.45) is 18.1. The zero-order chi connectivity index (χ0) is 22.3. The van der Waals surface area contributed by atoms with Gasteiger partial charge in [0.25, 0.3) is 0 Å². The van der Waals surface area contributed by atoms with Gasteiger partial charge in [0.05, 0.1) is 19.6 Å². The number of carbonyl (C=O) groups is 1. The maximum Gasteiger partial charge on any atom is 0.306 e. The predicted molar refractivity (Wildman–Crippen MR) is 127 cm³/mol. The molecule has 6 heteroatoms. The molecule has 0 heterocycles. The number of rotatable bonds is 23. The third-order valence-electron chi connectivity index (χ3n) is 5.41. The van der Waals surface area contributed by atoms with E-state index in [1.54, 1.807) is 0 Å². The Bertz CT molecular complexity index is 368. The molecule has 30 heavy (non-hydrogen) atoms. The molecule has 2 atom stereocenters. The lowest BCUT2D eigenvalue weighted by atomic mass is 10.0. The second-order valence-corrected chi connectivity index (χ2v) is 8.74. The first-order valence-electron chi connectivity index (χ1n) is 12.3. The van der Waals surface area contributed by atoms with Crippen molar-refractivity contribution in [1.29, 1.82) is 0 Å². The Hall–Kier alpha value is -0.300. The van der Waals surface area contributed by atoms with Gasteiger partial charge in [0, 0.05) is 12.4 Å². The van der Waals surface area contributed by atoms with Crippen LogP contribution in [0.25, 0.3) is 0 Å². The second-order valence-electron chi connectivity index (χ2n) is 8.29. The van der Waals surface area contributed by atoms with Crippen molar-refractivity contribution in [1.82, 2.24) is 0 Å². The molecule has 5 nitrogen and oxygen atoms in total. The molecule has 0 aliphatic heterocycles. The van der Waals surface area contributed by atoms with Crippen LogP contribution in [0.15, 0.2) is 0 Å². The molecule has 0 rings (SSSR count). The Kier molecular flexibility index (Phi) is 23.1. The normalized spacial score (nSPS) is 13.3. The van der Waals surface area contributed by atoms with Gasteiger partial charge in [0.1, 0.15) is 12.2 Å². The average Bonchev–Trinajstić information content (AvgIpc) is 2.74. The van der Waals surface area contributed by atoms with Gasteiger partial charge in [-0.1, -0.05) is 77.6 Å². The van der Waals surface area contributed by atoms with Crippen LogP contribution < -0.4 is 0 Å². The predicted octanol–water partition coefficient (Wildman–Crippen LogP) is 5.46. The zero-order valence-corrected chi connectivity index (χ0v) is 20.3. The molecule has 2 unspecified atom stereocenters. The van der Waals surface area contributed by atoms with Gasteiger partial charge in [-0.25, -0.2) is 0 Å². The molecular formula is C24H48O5S. The zero-order valence-electron chi connectivity index (χ0n) is 19.4. The summed E-state index contributed by atoms with van der Waals surface area (Å²) in [5.74, 6) is 0.449. The van der Waals surface area contributed by atoms with Crippen LogP contribution in [0.3, 0.4) is 0 Å². The van der Waals surface area contributed by atoms with E-state index in [0.717, 1.165) is 25.7 Å². The van der Waals surface area contributed by atoms with Crippen LogP contribution in [-0.2, 0) is 14.3 Å². The Morgan fingerprint density at radius 1 is 0.867 bits per heavy atom. The summed E-state index contributed by atoms with van der Waals surface area (Å²) >= 11 is 4.07. The third kappa shape index (κ3) is 21.0. The minimum Gasteiger partial charge on any atom is -0.462 e. The minimum absolute atomic E-state index is 0.0871. The van der Waals surface area contributed by atoms with Gasteiger partial charge in [-0.05, 0) is 25.7 Å². The van der Waals surface area contributed by atoms with Gasteiger partial charge >= 0.3 is 5.97 Å². The molecular weight excluding hydrogens is 400 g/mol. The Morgan fingerprint density at radius 2 is 1.37 bits per heavy atom. The highest BCUT2D eigenvalue weighted by Gasteiger charge is 2.11. The lowest BCUT2D eigenvalue weighted by Crippen LogP contribution is -2.19. The van der Waals surface area contributed by atoms with Crippen molar-refractivity contribution in [3.8, 4) is 0 Å². The van der Waals surface area contributed by atoms with E-state index < -0.39 is 6.10 Å². The summed E-state index contributed by atoms with van der Waals surface area (Å²) in [6.45, 7) is 2.77. The number of carbonyl (C=O) groups excluding carboxylic acids is 1. The number of hydrogen-bond donors (Lipinski definition) is 3. The van der Waals surface area contributed by atoms with Crippen molar-refractivity contribution in [3.05, 3.63) is 0 Å². The highest BCUT2D eigenvalue weighted by molar-refractivity contribution is 7.80. The van der Waals surface area contributed by atoms with E-state index in [1.807, 2.05) is 0 Å². The smallest absolute Gasteiger partial charge is 0.306 e.